The van der Waals surface area contributed by atoms with Crippen molar-refractivity contribution in [3.8, 4) is 11.1 Å². The van der Waals surface area contributed by atoms with Crippen molar-refractivity contribution >= 4 is 40.0 Å². The van der Waals surface area contributed by atoms with Gasteiger partial charge in [0.2, 0.25) is 5.91 Å². The molecule has 0 bridgehead atoms. The molecule has 2 aromatic heterocycles. The lowest BCUT2D eigenvalue weighted by Gasteiger charge is -2.10. The number of aromatic nitrogens is 1. The zero-order chi connectivity index (χ0) is 20.1. The molecule has 1 N–H and O–H groups in total. The summed E-state index contributed by atoms with van der Waals surface area (Å²) >= 11 is 2.66. The Kier molecular flexibility index (Phi) is 6.49. The monoisotopic (exact) mass is 412 g/mol. The topological polar surface area (TPSA) is 68.3 Å². The van der Waals surface area contributed by atoms with Crippen LogP contribution in [0.2, 0.25) is 0 Å². The van der Waals surface area contributed by atoms with Crippen LogP contribution >= 0.6 is 23.1 Å². The van der Waals surface area contributed by atoms with Crippen LogP contribution in [-0.2, 0) is 9.53 Å². The highest BCUT2D eigenvalue weighted by atomic mass is 32.2. The minimum absolute atomic E-state index is 0.199. The van der Waals surface area contributed by atoms with Crippen molar-refractivity contribution < 1.29 is 14.3 Å². The van der Waals surface area contributed by atoms with Crippen LogP contribution in [0, 0.1) is 13.8 Å². The number of esters is 1. The smallest absolute Gasteiger partial charge is 0.341 e. The summed E-state index contributed by atoms with van der Waals surface area (Å²) < 4.78 is 4.98. The van der Waals surface area contributed by atoms with E-state index in [1.807, 2.05) is 55.6 Å². The summed E-state index contributed by atoms with van der Waals surface area (Å²) in [6.45, 7) is 4.00. The average Bonchev–Trinajstić information content (AvgIpc) is 3.11. The molecule has 3 aromatic rings. The highest BCUT2D eigenvalue weighted by Crippen LogP contribution is 2.38. The van der Waals surface area contributed by atoms with Gasteiger partial charge in [0.15, 0.2) is 0 Å². The van der Waals surface area contributed by atoms with Gasteiger partial charge in [-0.1, -0.05) is 41.6 Å². The molecule has 1 aromatic carbocycles. The van der Waals surface area contributed by atoms with Crippen LogP contribution in [0.25, 0.3) is 11.1 Å². The molecule has 0 atom stereocenters. The van der Waals surface area contributed by atoms with Gasteiger partial charge in [-0.2, -0.15) is 0 Å². The molecule has 0 fully saturated rings. The number of nitrogens with one attached hydrogen (secondary N) is 1. The first kappa shape index (κ1) is 20.1. The van der Waals surface area contributed by atoms with E-state index < -0.39 is 5.97 Å². The number of thiophene rings is 1. The van der Waals surface area contributed by atoms with Gasteiger partial charge in [-0.25, -0.2) is 9.78 Å². The predicted octanol–water partition coefficient (Wildman–Crippen LogP) is 4.94. The molecule has 0 saturated heterocycles. The van der Waals surface area contributed by atoms with Gasteiger partial charge in [-0.05, 0) is 37.1 Å². The van der Waals surface area contributed by atoms with E-state index in [2.05, 4.69) is 10.3 Å². The molecule has 28 heavy (non-hydrogen) atoms. The number of thioether (sulfide) groups is 1. The number of carbonyl (C=O) groups excluding carboxylic acids is 2. The summed E-state index contributed by atoms with van der Waals surface area (Å²) in [4.78, 5) is 29.1. The van der Waals surface area contributed by atoms with E-state index in [0.717, 1.165) is 27.3 Å². The molecule has 0 saturated carbocycles. The third-order valence-corrected chi connectivity index (χ3v) is 5.94. The molecule has 0 unspecified atom stereocenters. The Labute approximate surface area is 172 Å². The number of pyridine rings is 1. The van der Waals surface area contributed by atoms with Gasteiger partial charge in [0.1, 0.15) is 10.6 Å². The zero-order valence-electron chi connectivity index (χ0n) is 15.8. The molecule has 0 spiro atoms. The summed E-state index contributed by atoms with van der Waals surface area (Å²) in [5.41, 5.74) is 4.26. The van der Waals surface area contributed by atoms with Crippen LogP contribution in [0.1, 0.15) is 21.5 Å². The second-order valence-corrected chi connectivity index (χ2v) is 8.04. The molecule has 0 aliphatic carbocycles. The number of hydrogen-bond acceptors (Lipinski definition) is 6. The average molecular weight is 413 g/mol. The van der Waals surface area contributed by atoms with E-state index in [1.165, 1.54) is 30.2 Å². The molecule has 0 aliphatic rings. The standard InChI is InChI=1S/C21H20N2O3S2/c1-13-7-8-14(2)15(10-13)16-11-28-20(19(16)21(25)26-3)23-17(24)12-27-18-6-4-5-9-22-18/h4-11H,12H2,1-3H3,(H,23,24). The van der Waals surface area contributed by atoms with Gasteiger partial charge in [-0.3, -0.25) is 4.79 Å². The fourth-order valence-corrected chi connectivity index (χ4v) is 4.34. The van der Waals surface area contributed by atoms with Crippen molar-refractivity contribution in [3.63, 3.8) is 0 Å². The highest BCUT2D eigenvalue weighted by molar-refractivity contribution is 7.99. The van der Waals surface area contributed by atoms with E-state index >= 15 is 0 Å². The fourth-order valence-electron chi connectivity index (χ4n) is 2.71. The number of amides is 1. The van der Waals surface area contributed by atoms with Crippen LogP contribution in [0.3, 0.4) is 0 Å². The molecule has 2 heterocycles. The number of carbonyl (C=O) groups is 2. The number of anilines is 1. The molecule has 0 aliphatic heterocycles. The number of methoxy groups -OCH3 is 1. The van der Waals surface area contributed by atoms with Crippen LogP contribution in [-0.4, -0.2) is 29.7 Å². The number of rotatable bonds is 6. The largest absolute Gasteiger partial charge is 0.465 e. The Morgan fingerprint density at radius 2 is 2.00 bits per heavy atom. The van der Waals surface area contributed by atoms with Crippen molar-refractivity contribution in [2.45, 2.75) is 18.9 Å². The van der Waals surface area contributed by atoms with Crippen molar-refractivity contribution in [2.75, 3.05) is 18.2 Å². The quantitative estimate of drug-likeness (QED) is 0.459. The first-order chi connectivity index (χ1) is 13.5. The molecule has 144 valence electrons. The first-order valence-electron chi connectivity index (χ1n) is 8.60. The van der Waals surface area contributed by atoms with E-state index in [0.29, 0.717) is 10.6 Å². The molecule has 7 heteroatoms. The van der Waals surface area contributed by atoms with Crippen LogP contribution < -0.4 is 5.32 Å². The van der Waals surface area contributed by atoms with Crippen LogP contribution in [0.4, 0.5) is 5.00 Å². The second kappa shape index (κ2) is 9.03. The molecule has 5 nitrogen and oxygen atoms in total. The summed E-state index contributed by atoms with van der Waals surface area (Å²) in [6, 6.07) is 11.6. The first-order valence-corrected chi connectivity index (χ1v) is 10.5. The van der Waals surface area contributed by atoms with Gasteiger partial charge in [0.05, 0.1) is 17.9 Å². The maximum absolute atomic E-state index is 12.5. The van der Waals surface area contributed by atoms with Gasteiger partial charge >= 0.3 is 5.97 Å². The van der Waals surface area contributed by atoms with Gasteiger partial charge in [-0.15, -0.1) is 11.3 Å². The number of benzene rings is 1. The molecular formula is C21H20N2O3S2. The SMILES string of the molecule is COC(=O)c1c(-c2cc(C)ccc2C)csc1NC(=O)CSc1ccccn1. The molecule has 1 amide bonds. The van der Waals surface area contributed by atoms with Crippen molar-refractivity contribution in [1.29, 1.82) is 0 Å². The fraction of sp³-hybridized carbons (Fsp3) is 0.190. The minimum atomic E-state index is -0.468. The number of hydrogen-bond donors (Lipinski definition) is 1. The Morgan fingerprint density at radius 3 is 2.71 bits per heavy atom. The third-order valence-electron chi connectivity index (χ3n) is 4.11. The lowest BCUT2D eigenvalue weighted by Crippen LogP contribution is -2.16. The van der Waals surface area contributed by atoms with E-state index in [1.54, 1.807) is 6.20 Å². The lowest BCUT2D eigenvalue weighted by atomic mass is 9.97. The van der Waals surface area contributed by atoms with Gasteiger partial charge in [0.25, 0.3) is 0 Å². The number of aryl methyl sites for hydroxylation is 2. The summed E-state index contributed by atoms with van der Waals surface area (Å²) in [5.74, 6) is -0.464. The van der Waals surface area contributed by atoms with Gasteiger partial charge < -0.3 is 10.1 Å². The summed E-state index contributed by atoms with van der Waals surface area (Å²) in [5, 5.41) is 6.00. The lowest BCUT2D eigenvalue weighted by molar-refractivity contribution is -0.113. The number of ether oxygens (including phenoxy) is 1. The van der Waals surface area contributed by atoms with E-state index in [-0.39, 0.29) is 11.7 Å². The molecular weight excluding hydrogens is 392 g/mol. The Morgan fingerprint density at radius 1 is 1.18 bits per heavy atom. The third kappa shape index (κ3) is 4.61. The van der Waals surface area contributed by atoms with E-state index in [9.17, 15) is 9.59 Å². The Balaban J connectivity index is 1.85. The highest BCUT2D eigenvalue weighted by Gasteiger charge is 2.23. The maximum atomic E-state index is 12.5. The second-order valence-electron chi connectivity index (χ2n) is 6.17. The maximum Gasteiger partial charge on any atom is 0.341 e. The van der Waals surface area contributed by atoms with Crippen LogP contribution in [0.15, 0.2) is 53.0 Å². The van der Waals surface area contributed by atoms with Crippen molar-refractivity contribution in [1.82, 2.24) is 4.98 Å². The van der Waals surface area contributed by atoms with Crippen molar-refractivity contribution in [3.05, 3.63) is 64.7 Å². The molecule has 3 rings (SSSR count). The number of nitrogens with zero attached hydrogens (tertiary/aromatic N) is 1. The minimum Gasteiger partial charge on any atom is -0.465 e. The summed E-state index contributed by atoms with van der Waals surface area (Å²) in [7, 11) is 1.34. The van der Waals surface area contributed by atoms with Gasteiger partial charge in [0, 0.05) is 17.1 Å². The molecule has 0 radical (unpaired) electrons. The normalized spacial score (nSPS) is 10.5. The van der Waals surface area contributed by atoms with E-state index in [4.69, 9.17) is 4.74 Å². The Bertz CT molecular complexity index is 1000. The van der Waals surface area contributed by atoms with Crippen molar-refractivity contribution in [2.24, 2.45) is 0 Å². The summed E-state index contributed by atoms with van der Waals surface area (Å²) in [6.07, 6.45) is 1.69. The predicted molar refractivity (Wildman–Crippen MR) is 114 cm³/mol. The Hall–Kier alpha value is -2.64. The van der Waals surface area contributed by atoms with Crippen LogP contribution in [0.5, 0.6) is 0 Å². The zero-order valence-corrected chi connectivity index (χ0v) is 17.4.